The number of aryl methyl sites for hydroxylation is 1. The molecule has 0 spiro atoms. The first-order valence-corrected chi connectivity index (χ1v) is 7.22. The Morgan fingerprint density at radius 2 is 1.81 bits per heavy atom. The van der Waals surface area contributed by atoms with Gasteiger partial charge >= 0.3 is 0 Å². The zero-order valence-electron chi connectivity index (χ0n) is 12.8. The molecule has 0 aliphatic rings. The highest BCUT2D eigenvalue weighted by molar-refractivity contribution is 5.29. The molecule has 1 unspecified atom stereocenters. The summed E-state index contributed by atoms with van der Waals surface area (Å²) < 4.78 is 5.12. The van der Waals surface area contributed by atoms with Crippen LogP contribution in [0, 0.1) is 6.92 Å². The molecule has 2 atom stereocenters. The number of benzene rings is 2. The van der Waals surface area contributed by atoms with Gasteiger partial charge in [-0.1, -0.05) is 42.0 Å². The summed E-state index contributed by atoms with van der Waals surface area (Å²) in [6.45, 7) is 4.71. The summed E-state index contributed by atoms with van der Waals surface area (Å²) in [7, 11) is 1.64. The molecule has 0 aromatic heterocycles. The minimum absolute atomic E-state index is 0.206. The first kappa shape index (κ1) is 15.5. The Bertz CT molecular complexity index is 566. The third kappa shape index (κ3) is 4.31. The predicted molar refractivity (Wildman–Crippen MR) is 85.6 cm³/mol. The number of ether oxygens (including phenoxy) is 1. The van der Waals surface area contributed by atoms with Gasteiger partial charge in [0, 0.05) is 12.6 Å². The van der Waals surface area contributed by atoms with Crippen LogP contribution < -0.4 is 10.1 Å². The highest BCUT2D eigenvalue weighted by Crippen LogP contribution is 2.19. The van der Waals surface area contributed by atoms with Crippen LogP contribution in [-0.4, -0.2) is 18.8 Å². The highest BCUT2D eigenvalue weighted by atomic mass is 16.5. The van der Waals surface area contributed by atoms with E-state index < -0.39 is 6.10 Å². The van der Waals surface area contributed by atoms with Crippen molar-refractivity contribution in [3.8, 4) is 5.75 Å². The van der Waals surface area contributed by atoms with Crippen molar-refractivity contribution < 1.29 is 9.84 Å². The second kappa shape index (κ2) is 7.25. The van der Waals surface area contributed by atoms with E-state index in [0.717, 1.165) is 11.3 Å². The zero-order valence-corrected chi connectivity index (χ0v) is 12.8. The van der Waals surface area contributed by atoms with Crippen LogP contribution in [0.4, 0.5) is 0 Å². The Balaban J connectivity index is 1.92. The molecule has 0 fully saturated rings. The number of aliphatic hydroxyl groups is 1. The van der Waals surface area contributed by atoms with Crippen molar-refractivity contribution in [2.24, 2.45) is 0 Å². The van der Waals surface area contributed by atoms with E-state index in [1.165, 1.54) is 11.1 Å². The Kier molecular flexibility index (Phi) is 5.37. The van der Waals surface area contributed by atoms with E-state index in [0.29, 0.717) is 6.54 Å². The summed E-state index contributed by atoms with van der Waals surface area (Å²) in [6, 6.07) is 16.1. The SMILES string of the molecule is COc1ccc(C(O)CN[C@H](C)c2cccc(C)c2)cc1. The number of hydrogen-bond donors (Lipinski definition) is 2. The molecule has 2 aromatic carbocycles. The van der Waals surface area contributed by atoms with E-state index in [1.807, 2.05) is 24.3 Å². The van der Waals surface area contributed by atoms with Crippen LogP contribution in [0.1, 0.15) is 35.8 Å². The molecule has 2 N–H and O–H groups in total. The largest absolute Gasteiger partial charge is 0.497 e. The lowest BCUT2D eigenvalue weighted by Crippen LogP contribution is -2.24. The summed E-state index contributed by atoms with van der Waals surface area (Å²) in [5.74, 6) is 0.798. The first-order chi connectivity index (χ1) is 10.1. The first-order valence-electron chi connectivity index (χ1n) is 7.22. The van der Waals surface area contributed by atoms with Crippen molar-refractivity contribution in [1.29, 1.82) is 0 Å². The van der Waals surface area contributed by atoms with Crippen LogP contribution in [-0.2, 0) is 0 Å². The van der Waals surface area contributed by atoms with E-state index in [9.17, 15) is 5.11 Å². The van der Waals surface area contributed by atoms with Gasteiger partial charge < -0.3 is 15.2 Å². The molecule has 0 radical (unpaired) electrons. The topological polar surface area (TPSA) is 41.5 Å². The highest BCUT2D eigenvalue weighted by Gasteiger charge is 2.10. The van der Waals surface area contributed by atoms with E-state index in [1.54, 1.807) is 7.11 Å². The molecule has 3 heteroatoms. The summed E-state index contributed by atoms with van der Waals surface area (Å²) in [5.41, 5.74) is 3.37. The quantitative estimate of drug-likeness (QED) is 0.855. The van der Waals surface area contributed by atoms with Crippen molar-refractivity contribution in [1.82, 2.24) is 5.32 Å². The molecule has 0 aliphatic heterocycles. The summed E-state index contributed by atoms with van der Waals surface area (Å²) in [4.78, 5) is 0. The maximum absolute atomic E-state index is 10.2. The fourth-order valence-electron chi connectivity index (χ4n) is 2.29. The average molecular weight is 285 g/mol. The maximum atomic E-state index is 10.2. The fraction of sp³-hybridized carbons (Fsp3) is 0.333. The van der Waals surface area contributed by atoms with Crippen LogP contribution in [0.15, 0.2) is 48.5 Å². The molecule has 3 nitrogen and oxygen atoms in total. The molecule has 112 valence electrons. The molecule has 2 rings (SSSR count). The number of methoxy groups -OCH3 is 1. The smallest absolute Gasteiger partial charge is 0.118 e. The number of nitrogens with one attached hydrogen (secondary N) is 1. The van der Waals surface area contributed by atoms with E-state index in [4.69, 9.17) is 4.74 Å². The number of hydrogen-bond acceptors (Lipinski definition) is 3. The second-order valence-electron chi connectivity index (χ2n) is 5.33. The van der Waals surface area contributed by atoms with E-state index >= 15 is 0 Å². The standard InChI is InChI=1S/C18H23NO2/c1-13-5-4-6-16(11-13)14(2)19-12-18(20)15-7-9-17(21-3)10-8-15/h4-11,14,18-20H,12H2,1-3H3/t14-,18?/m1/s1. The van der Waals surface area contributed by atoms with Crippen LogP contribution in [0.25, 0.3) is 0 Å². The lowest BCUT2D eigenvalue weighted by Gasteiger charge is -2.18. The second-order valence-corrected chi connectivity index (χ2v) is 5.33. The minimum atomic E-state index is -0.525. The molecule has 21 heavy (non-hydrogen) atoms. The summed E-state index contributed by atoms with van der Waals surface area (Å²) in [6.07, 6.45) is -0.525. The van der Waals surface area contributed by atoms with Crippen molar-refractivity contribution >= 4 is 0 Å². The fourth-order valence-corrected chi connectivity index (χ4v) is 2.29. The maximum Gasteiger partial charge on any atom is 0.118 e. The van der Waals surface area contributed by atoms with Crippen LogP contribution in [0.5, 0.6) is 5.75 Å². The molecule has 0 saturated heterocycles. The molecule has 0 bridgehead atoms. The van der Waals surface area contributed by atoms with Crippen LogP contribution in [0.3, 0.4) is 0 Å². The molecular formula is C18H23NO2. The molecule has 0 saturated carbocycles. The molecule has 0 aliphatic carbocycles. The normalized spacial score (nSPS) is 13.7. The van der Waals surface area contributed by atoms with Crippen molar-refractivity contribution in [2.45, 2.75) is 26.0 Å². The molecule has 2 aromatic rings. The minimum Gasteiger partial charge on any atom is -0.497 e. The summed E-state index contributed by atoms with van der Waals surface area (Å²) in [5, 5.41) is 13.6. The lowest BCUT2D eigenvalue weighted by atomic mass is 10.0. The van der Waals surface area contributed by atoms with Crippen molar-refractivity contribution in [3.63, 3.8) is 0 Å². The van der Waals surface area contributed by atoms with E-state index in [2.05, 4.69) is 43.4 Å². The van der Waals surface area contributed by atoms with Gasteiger partial charge in [0.2, 0.25) is 0 Å². The Morgan fingerprint density at radius 1 is 1.10 bits per heavy atom. The van der Waals surface area contributed by atoms with Crippen molar-refractivity contribution in [3.05, 3.63) is 65.2 Å². The van der Waals surface area contributed by atoms with E-state index in [-0.39, 0.29) is 6.04 Å². The van der Waals surface area contributed by atoms with Gasteiger partial charge in [0.05, 0.1) is 13.2 Å². The summed E-state index contributed by atoms with van der Waals surface area (Å²) >= 11 is 0. The Labute approximate surface area is 126 Å². The van der Waals surface area contributed by atoms with Gasteiger partial charge in [-0.15, -0.1) is 0 Å². The van der Waals surface area contributed by atoms with Crippen LogP contribution in [0.2, 0.25) is 0 Å². The molecule has 0 amide bonds. The number of rotatable bonds is 6. The van der Waals surface area contributed by atoms with Gasteiger partial charge in [0.25, 0.3) is 0 Å². The van der Waals surface area contributed by atoms with Gasteiger partial charge in [-0.2, -0.15) is 0 Å². The zero-order chi connectivity index (χ0) is 15.2. The average Bonchev–Trinajstić information content (AvgIpc) is 2.52. The van der Waals surface area contributed by atoms with Gasteiger partial charge in [-0.3, -0.25) is 0 Å². The monoisotopic (exact) mass is 285 g/mol. The van der Waals surface area contributed by atoms with Gasteiger partial charge in [-0.25, -0.2) is 0 Å². The third-order valence-corrected chi connectivity index (χ3v) is 3.66. The van der Waals surface area contributed by atoms with Gasteiger partial charge in [-0.05, 0) is 37.1 Å². The van der Waals surface area contributed by atoms with Crippen LogP contribution >= 0.6 is 0 Å². The number of aliphatic hydroxyl groups excluding tert-OH is 1. The Morgan fingerprint density at radius 3 is 2.43 bits per heavy atom. The Hall–Kier alpha value is -1.84. The van der Waals surface area contributed by atoms with Gasteiger partial charge in [0.15, 0.2) is 0 Å². The van der Waals surface area contributed by atoms with Crippen molar-refractivity contribution in [2.75, 3.05) is 13.7 Å². The third-order valence-electron chi connectivity index (χ3n) is 3.66. The molecular weight excluding hydrogens is 262 g/mol. The molecule has 0 heterocycles. The van der Waals surface area contributed by atoms with Gasteiger partial charge in [0.1, 0.15) is 5.75 Å². The predicted octanol–water partition coefficient (Wildman–Crippen LogP) is 3.39. The lowest BCUT2D eigenvalue weighted by molar-refractivity contribution is 0.170.